The van der Waals surface area contributed by atoms with E-state index < -0.39 is 0 Å². The maximum absolute atomic E-state index is 13.6. The standard InChI is InChI=1S/C27H25BrN2O3/c1-15-7-9-16(10-8-15)17-12-22-25(23(31)13-17)26(30-21-6-4-3-5-20(21)29-22)18-11-19(28)27(32)24(14-18)33-2/h3-11,14,17,26,29-30,32H,12-13H2,1-2H3/t17-,26+/m0/s1. The first-order chi connectivity index (χ1) is 15.9. The second-order valence-electron chi connectivity index (χ2n) is 8.63. The number of aromatic hydroxyl groups is 1. The van der Waals surface area contributed by atoms with Gasteiger partial charge >= 0.3 is 0 Å². The Balaban J connectivity index is 1.63. The molecule has 0 saturated carbocycles. The van der Waals surface area contributed by atoms with Gasteiger partial charge in [-0.2, -0.15) is 0 Å². The molecule has 0 bridgehead atoms. The van der Waals surface area contributed by atoms with Gasteiger partial charge in [-0.1, -0.05) is 42.0 Å². The first-order valence-electron chi connectivity index (χ1n) is 11.0. The number of allylic oxidation sites excluding steroid dienone is 1. The van der Waals surface area contributed by atoms with Crippen molar-refractivity contribution in [3.63, 3.8) is 0 Å². The predicted molar refractivity (Wildman–Crippen MR) is 134 cm³/mol. The van der Waals surface area contributed by atoms with Gasteiger partial charge in [0.2, 0.25) is 0 Å². The summed E-state index contributed by atoms with van der Waals surface area (Å²) in [6, 6.07) is 19.7. The van der Waals surface area contributed by atoms with Crippen molar-refractivity contribution in [2.24, 2.45) is 0 Å². The van der Waals surface area contributed by atoms with E-state index in [-0.39, 0.29) is 23.5 Å². The zero-order valence-corrected chi connectivity index (χ0v) is 20.1. The molecule has 168 valence electrons. The Morgan fingerprint density at radius 3 is 2.45 bits per heavy atom. The van der Waals surface area contributed by atoms with Crippen LogP contribution in [0, 0.1) is 6.92 Å². The van der Waals surface area contributed by atoms with Crippen molar-refractivity contribution in [1.82, 2.24) is 0 Å². The second kappa shape index (κ2) is 8.60. The van der Waals surface area contributed by atoms with Gasteiger partial charge in [-0.3, -0.25) is 4.79 Å². The number of phenolic OH excluding ortho intramolecular Hbond substituents is 1. The molecule has 0 radical (unpaired) electrons. The van der Waals surface area contributed by atoms with Crippen LogP contribution in [0.1, 0.15) is 41.5 Å². The minimum absolute atomic E-state index is 0.0389. The maximum Gasteiger partial charge on any atom is 0.172 e. The van der Waals surface area contributed by atoms with E-state index >= 15 is 0 Å². The largest absolute Gasteiger partial charge is 0.503 e. The molecule has 1 aliphatic heterocycles. The van der Waals surface area contributed by atoms with Crippen molar-refractivity contribution in [2.75, 3.05) is 17.7 Å². The highest BCUT2D eigenvalue weighted by atomic mass is 79.9. The molecule has 0 spiro atoms. The van der Waals surface area contributed by atoms with Crippen molar-refractivity contribution >= 4 is 33.1 Å². The Morgan fingerprint density at radius 1 is 1.00 bits per heavy atom. The summed E-state index contributed by atoms with van der Waals surface area (Å²) in [4.78, 5) is 13.6. The van der Waals surface area contributed by atoms with E-state index in [0.29, 0.717) is 16.6 Å². The molecule has 5 nitrogen and oxygen atoms in total. The van der Waals surface area contributed by atoms with Crippen LogP contribution in [0.15, 0.2) is 76.4 Å². The van der Waals surface area contributed by atoms with Crippen molar-refractivity contribution < 1.29 is 14.6 Å². The number of carbonyl (C=O) groups excluding carboxylic acids is 1. The summed E-state index contributed by atoms with van der Waals surface area (Å²) < 4.78 is 5.90. The maximum atomic E-state index is 13.6. The Labute approximate surface area is 201 Å². The lowest BCUT2D eigenvalue weighted by Gasteiger charge is -2.30. The molecule has 0 fully saturated rings. The lowest BCUT2D eigenvalue weighted by Crippen LogP contribution is -2.27. The van der Waals surface area contributed by atoms with Crippen LogP contribution >= 0.6 is 15.9 Å². The number of anilines is 2. The molecule has 5 rings (SSSR count). The van der Waals surface area contributed by atoms with Crippen LogP contribution in [0.25, 0.3) is 0 Å². The van der Waals surface area contributed by atoms with Gasteiger partial charge in [-0.15, -0.1) is 0 Å². The number of nitrogens with one attached hydrogen (secondary N) is 2. The molecule has 2 aliphatic rings. The van der Waals surface area contributed by atoms with Crippen LogP contribution in [-0.2, 0) is 4.79 Å². The molecule has 0 aromatic heterocycles. The van der Waals surface area contributed by atoms with Gasteiger partial charge < -0.3 is 20.5 Å². The van der Waals surface area contributed by atoms with E-state index in [1.807, 2.05) is 30.3 Å². The first-order valence-corrected chi connectivity index (χ1v) is 11.8. The molecule has 0 unspecified atom stereocenters. The van der Waals surface area contributed by atoms with Crippen LogP contribution in [0.2, 0.25) is 0 Å². The van der Waals surface area contributed by atoms with Crippen molar-refractivity contribution in [1.29, 1.82) is 0 Å². The van der Waals surface area contributed by atoms with Gasteiger partial charge in [0.15, 0.2) is 17.3 Å². The van der Waals surface area contributed by atoms with E-state index in [2.05, 4.69) is 57.8 Å². The smallest absolute Gasteiger partial charge is 0.172 e. The summed E-state index contributed by atoms with van der Waals surface area (Å²) in [5.74, 6) is 0.630. The van der Waals surface area contributed by atoms with E-state index in [0.717, 1.165) is 34.6 Å². The first kappa shape index (κ1) is 21.6. The number of ether oxygens (including phenoxy) is 1. The van der Waals surface area contributed by atoms with Crippen LogP contribution in [0.4, 0.5) is 11.4 Å². The summed E-state index contributed by atoms with van der Waals surface area (Å²) in [6.07, 6.45) is 1.20. The van der Waals surface area contributed by atoms with Gasteiger partial charge in [0.1, 0.15) is 0 Å². The topological polar surface area (TPSA) is 70.6 Å². The molecule has 2 atom stereocenters. The average Bonchev–Trinajstić information content (AvgIpc) is 2.98. The number of carbonyl (C=O) groups is 1. The van der Waals surface area contributed by atoms with Crippen LogP contribution in [0.5, 0.6) is 11.5 Å². The highest BCUT2D eigenvalue weighted by Crippen LogP contribution is 2.46. The highest BCUT2D eigenvalue weighted by molar-refractivity contribution is 9.10. The molecule has 6 heteroatoms. The van der Waals surface area contributed by atoms with Crippen molar-refractivity contribution in [3.8, 4) is 11.5 Å². The third kappa shape index (κ3) is 4.00. The molecular weight excluding hydrogens is 480 g/mol. The summed E-state index contributed by atoms with van der Waals surface area (Å²) in [5.41, 5.74) is 6.74. The normalized spacial score (nSPS) is 19.7. The molecule has 3 N–H and O–H groups in total. The lowest BCUT2D eigenvalue weighted by molar-refractivity contribution is -0.116. The predicted octanol–water partition coefficient (Wildman–Crippen LogP) is 6.45. The van der Waals surface area contributed by atoms with Crippen LogP contribution in [-0.4, -0.2) is 18.0 Å². The Bertz CT molecular complexity index is 1270. The number of Topliss-reactive ketones (excluding diaryl/α,β-unsaturated/α-hetero) is 1. The average molecular weight is 505 g/mol. The molecule has 1 heterocycles. The van der Waals surface area contributed by atoms with Gasteiger partial charge in [0.05, 0.1) is 29.0 Å². The number of ketones is 1. The molecule has 1 aliphatic carbocycles. The van der Waals surface area contributed by atoms with E-state index in [1.54, 1.807) is 6.07 Å². The minimum Gasteiger partial charge on any atom is -0.503 e. The van der Waals surface area contributed by atoms with Crippen LogP contribution < -0.4 is 15.4 Å². The third-order valence-corrected chi connectivity index (χ3v) is 7.07. The Kier molecular flexibility index (Phi) is 5.62. The number of para-hydroxylation sites is 2. The minimum atomic E-state index is -0.381. The highest BCUT2D eigenvalue weighted by Gasteiger charge is 2.36. The zero-order chi connectivity index (χ0) is 23.1. The van der Waals surface area contributed by atoms with E-state index in [9.17, 15) is 9.90 Å². The Morgan fingerprint density at radius 2 is 1.73 bits per heavy atom. The second-order valence-corrected chi connectivity index (χ2v) is 9.49. The lowest BCUT2D eigenvalue weighted by atomic mass is 9.78. The number of aryl methyl sites for hydroxylation is 1. The Hall–Kier alpha value is -3.25. The van der Waals surface area contributed by atoms with Crippen molar-refractivity contribution in [3.05, 3.63) is 93.1 Å². The molecule has 3 aromatic rings. The quantitative estimate of drug-likeness (QED) is 0.382. The summed E-state index contributed by atoms with van der Waals surface area (Å²) in [5, 5.41) is 17.4. The number of hydrogen-bond acceptors (Lipinski definition) is 5. The van der Waals surface area contributed by atoms with Crippen LogP contribution in [0.3, 0.4) is 0 Å². The fraction of sp³-hybridized carbons (Fsp3) is 0.222. The van der Waals surface area contributed by atoms with Gasteiger partial charge in [0, 0.05) is 17.7 Å². The summed E-state index contributed by atoms with van der Waals surface area (Å²) >= 11 is 3.43. The summed E-state index contributed by atoms with van der Waals surface area (Å²) in [7, 11) is 1.52. The van der Waals surface area contributed by atoms with Gasteiger partial charge in [0.25, 0.3) is 0 Å². The van der Waals surface area contributed by atoms with E-state index in [1.165, 1.54) is 18.2 Å². The monoisotopic (exact) mass is 504 g/mol. The fourth-order valence-electron chi connectivity index (χ4n) is 4.73. The number of methoxy groups -OCH3 is 1. The SMILES string of the molecule is COc1cc([C@H]2Nc3ccccc3NC3=C2C(=O)C[C@@H](c2ccc(C)cc2)C3)cc(Br)c1O. The zero-order valence-electron chi connectivity index (χ0n) is 18.5. The fourth-order valence-corrected chi connectivity index (χ4v) is 5.19. The molecule has 0 saturated heterocycles. The number of fused-ring (bicyclic) bond motifs is 1. The molecular formula is C27H25BrN2O3. The summed E-state index contributed by atoms with van der Waals surface area (Å²) in [6.45, 7) is 2.07. The number of phenols is 1. The number of halogens is 1. The third-order valence-electron chi connectivity index (χ3n) is 6.46. The molecule has 33 heavy (non-hydrogen) atoms. The number of hydrogen-bond donors (Lipinski definition) is 3. The molecule has 0 amide bonds. The molecule has 3 aromatic carbocycles. The van der Waals surface area contributed by atoms with Gasteiger partial charge in [-0.05, 0) is 70.6 Å². The van der Waals surface area contributed by atoms with Gasteiger partial charge in [-0.25, -0.2) is 0 Å². The number of rotatable bonds is 3. The number of benzene rings is 3. The van der Waals surface area contributed by atoms with E-state index in [4.69, 9.17) is 4.74 Å². The van der Waals surface area contributed by atoms with Crippen molar-refractivity contribution in [2.45, 2.75) is 31.7 Å².